The number of benzene rings is 1. The molecule has 0 aromatic heterocycles. The summed E-state index contributed by atoms with van der Waals surface area (Å²) in [6.45, 7) is 0.475. The van der Waals surface area contributed by atoms with Gasteiger partial charge in [0.25, 0.3) is 0 Å². The van der Waals surface area contributed by atoms with Crippen molar-refractivity contribution in [3.63, 3.8) is 0 Å². The van der Waals surface area contributed by atoms with Crippen molar-refractivity contribution in [3.8, 4) is 0 Å². The van der Waals surface area contributed by atoms with Gasteiger partial charge >= 0.3 is 12.1 Å². The summed E-state index contributed by atoms with van der Waals surface area (Å²) in [7, 11) is 1.33. The van der Waals surface area contributed by atoms with E-state index in [1.54, 1.807) is 0 Å². The Hall–Kier alpha value is -2.02. The molecule has 1 aromatic rings. The molecule has 1 atom stereocenters. The van der Waals surface area contributed by atoms with Crippen molar-refractivity contribution in [3.05, 3.63) is 35.9 Å². The molecule has 0 bridgehead atoms. The van der Waals surface area contributed by atoms with E-state index in [4.69, 9.17) is 4.74 Å². The molecular weight excluding hydrogens is 292 g/mol. The van der Waals surface area contributed by atoms with Crippen LogP contribution in [0.4, 0.5) is 4.79 Å². The largest absolute Gasteiger partial charge is 0.467 e. The third-order valence-corrected chi connectivity index (χ3v) is 3.84. The number of nitrogens with one attached hydrogen (secondary N) is 1. The molecule has 112 valence electrons. The quantitative estimate of drug-likeness (QED) is 0.836. The van der Waals surface area contributed by atoms with E-state index in [0.29, 0.717) is 10.8 Å². The van der Waals surface area contributed by atoms with Crippen LogP contribution in [0.15, 0.2) is 35.3 Å². The van der Waals surface area contributed by atoms with Gasteiger partial charge in [-0.2, -0.15) is 0 Å². The standard InChI is InChI=1S/C14H16N2O4S/c1-19-13(17)11-9-21-12(16-11)7-15-14(18)20-8-10-5-3-2-4-6-10/h2-6,11H,7-9H2,1H3,(H,15,18)/t11-/m0/s1. The Kier molecular flexibility index (Phi) is 5.62. The highest BCUT2D eigenvalue weighted by Crippen LogP contribution is 2.18. The van der Waals surface area contributed by atoms with Crippen molar-refractivity contribution in [2.75, 3.05) is 19.4 Å². The van der Waals surface area contributed by atoms with Crippen molar-refractivity contribution in [2.45, 2.75) is 12.6 Å². The van der Waals surface area contributed by atoms with Crippen LogP contribution in [-0.4, -0.2) is 42.6 Å². The maximum Gasteiger partial charge on any atom is 0.407 e. The average Bonchev–Trinajstić information content (AvgIpc) is 3.00. The normalized spacial score (nSPS) is 17.0. The molecule has 7 heteroatoms. The fraction of sp³-hybridized carbons (Fsp3) is 0.357. The number of carbonyl (C=O) groups is 2. The molecule has 1 aliphatic heterocycles. The first-order valence-electron chi connectivity index (χ1n) is 6.41. The molecule has 1 aromatic carbocycles. The summed E-state index contributed by atoms with van der Waals surface area (Å²) < 4.78 is 9.70. The van der Waals surface area contributed by atoms with E-state index >= 15 is 0 Å². The Morgan fingerprint density at radius 2 is 2.14 bits per heavy atom. The van der Waals surface area contributed by atoms with Gasteiger partial charge in [0, 0.05) is 5.75 Å². The number of thioether (sulfide) groups is 1. The number of esters is 1. The third-order valence-electron chi connectivity index (χ3n) is 2.78. The molecule has 0 saturated carbocycles. The average molecular weight is 308 g/mol. The van der Waals surface area contributed by atoms with Gasteiger partial charge < -0.3 is 14.8 Å². The molecule has 0 radical (unpaired) electrons. The summed E-state index contributed by atoms with van der Waals surface area (Å²) in [5.41, 5.74) is 0.922. The molecule has 6 nitrogen and oxygen atoms in total. The van der Waals surface area contributed by atoms with Crippen LogP contribution in [0, 0.1) is 0 Å². The predicted molar refractivity (Wildman–Crippen MR) is 80.3 cm³/mol. The van der Waals surface area contributed by atoms with Crippen molar-refractivity contribution in [2.24, 2.45) is 4.99 Å². The minimum atomic E-state index is -0.510. The number of alkyl carbamates (subject to hydrolysis) is 1. The molecule has 1 aliphatic rings. The Labute approximate surface area is 126 Å². The summed E-state index contributed by atoms with van der Waals surface area (Å²) in [6.07, 6.45) is -0.510. The monoisotopic (exact) mass is 308 g/mol. The molecule has 0 saturated heterocycles. The maximum absolute atomic E-state index is 11.6. The SMILES string of the molecule is COC(=O)[C@@H]1CSC(CNC(=O)OCc2ccccc2)=N1. The molecule has 1 amide bonds. The minimum Gasteiger partial charge on any atom is -0.467 e. The molecular formula is C14H16N2O4S. The van der Waals surface area contributed by atoms with E-state index in [9.17, 15) is 9.59 Å². The Balaban J connectivity index is 1.71. The van der Waals surface area contributed by atoms with Crippen LogP contribution in [0.5, 0.6) is 0 Å². The third kappa shape index (κ3) is 4.78. The first-order valence-corrected chi connectivity index (χ1v) is 7.39. The summed E-state index contributed by atoms with van der Waals surface area (Å²) in [4.78, 5) is 27.0. The second-order valence-corrected chi connectivity index (χ2v) is 5.38. The molecule has 0 unspecified atom stereocenters. The van der Waals surface area contributed by atoms with E-state index < -0.39 is 12.1 Å². The molecule has 0 fully saturated rings. The predicted octanol–water partition coefficient (Wildman–Crippen LogP) is 1.60. The number of nitrogens with zero attached hydrogens (tertiary/aromatic N) is 1. The van der Waals surface area contributed by atoms with Crippen LogP contribution in [0.1, 0.15) is 5.56 Å². The van der Waals surface area contributed by atoms with Gasteiger partial charge in [0.05, 0.1) is 18.7 Å². The van der Waals surface area contributed by atoms with E-state index in [1.807, 2.05) is 30.3 Å². The van der Waals surface area contributed by atoms with Crippen molar-refractivity contribution in [1.29, 1.82) is 0 Å². The van der Waals surface area contributed by atoms with Crippen molar-refractivity contribution < 1.29 is 19.1 Å². The number of hydrogen-bond donors (Lipinski definition) is 1. The highest BCUT2D eigenvalue weighted by Gasteiger charge is 2.25. The van der Waals surface area contributed by atoms with E-state index in [0.717, 1.165) is 5.56 Å². The number of aliphatic imine (C=N–C) groups is 1. The van der Waals surface area contributed by atoms with E-state index in [1.165, 1.54) is 18.9 Å². The fourth-order valence-corrected chi connectivity index (χ4v) is 2.64. The van der Waals surface area contributed by atoms with Gasteiger partial charge in [-0.3, -0.25) is 4.99 Å². The second-order valence-electron chi connectivity index (χ2n) is 4.29. The number of ether oxygens (including phenoxy) is 2. The minimum absolute atomic E-state index is 0.219. The molecule has 21 heavy (non-hydrogen) atoms. The smallest absolute Gasteiger partial charge is 0.407 e. The van der Waals surface area contributed by atoms with Gasteiger partial charge in [-0.05, 0) is 5.56 Å². The lowest BCUT2D eigenvalue weighted by Gasteiger charge is -2.06. The Bertz CT molecular complexity index is 533. The summed E-state index contributed by atoms with van der Waals surface area (Å²) in [6, 6.07) is 8.95. The van der Waals surface area contributed by atoms with Crippen molar-refractivity contribution >= 4 is 28.9 Å². The van der Waals surface area contributed by atoms with Gasteiger partial charge in [-0.1, -0.05) is 30.3 Å². The molecule has 2 rings (SSSR count). The van der Waals surface area contributed by atoms with E-state index in [2.05, 4.69) is 15.0 Å². The lowest BCUT2D eigenvalue weighted by atomic mass is 10.2. The number of amides is 1. The zero-order valence-corrected chi connectivity index (χ0v) is 12.4. The fourth-order valence-electron chi connectivity index (χ4n) is 1.70. The highest BCUT2D eigenvalue weighted by atomic mass is 32.2. The van der Waals surface area contributed by atoms with Crippen LogP contribution in [0.2, 0.25) is 0 Å². The first kappa shape index (κ1) is 15.4. The molecule has 1 heterocycles. The topological polar surface area (TPSA) is 77.0 Å². The van der Waals surface area contributed by atoms with Gasteiger partial charge in [0.2, 0.25) is 0 Å². The maximum atomic E-state index is 11.6. The lowest BCUT2D eigenvalue weighted by Crippen LogP contribution is -2.28. The highest BCUT2D eigenvalue weighted by molar-refractivity contribution is 8.14. The second kappa shape index (κ2) is 7.68. The number of hydrogen-bond acceptors (Lipinski definition) is 6. The van der Waals surface area contributed by atoms with Crippen LogP contribution in [0.25, 0.3) is 0 Å². The molecule has 1 N–H and O–H groups in total. The first-order chi connectivity index (χ1) is 10.2. The van der Waals surface area contributed by atoms with Gasteiger partial charge in [-0.15, -0.1) is 11.8 Å². The van der Waals surface area contributed by atoms with Gasteiger partial charge in [-0.25, -0.2) is 9.59 Å². The lowest BCUT2D eigenvalue weighted by molar-refractivity contribution is -0.141. The number of rotatable bonds is 5. The Morgan fingerprint density at radius 1 is 1.38 bits per heavy atom. The zero-order valence-electron chi connectivity index (χ0n) is 11.6. The van der Waals surface area contributed by atoms with Gasteiger partial charge in [0.1, 0.15) is 6.61 Å². The van der Waals surface area contributed by atoms with Crippen LogP contribution >= 0.6 is 11.8 Å². The summed E-state index contributed by atoms with van der Waals surface area (Å²) in [5.74, 6) is 0.187. The molecule has 0 spiro atoms. The van der Waals surface area contributed by atoms with Crippen LogP contribution in [-0.2, 0) is 20.9 Å². The zero-order chi connectivity index (χ0) is 15.1. The summed E-state index contributed by atoms with van der Waals surface area (Å²) >= 11 is 1.43. The Morgan fingerprint density at radius 3 is 2.86 bits per heavy atom. The number of carbonyl (C=O) groups excluding carboxylic acids is 2. The number of methoxy groups -OCH3 is 1. The molecule has 0 aliphatic carbocycles. The van der Waals surface area contributed by atoms with E-state index in [-0.39, 0.29) is 19.1 Å². The van der Waals surface area contributed by atoms with Crippen molar-refractivity contribution in [1.82, 2.24) is 5.32 Å². The van der Waals surface area contributed by atoms with Gasteiger partial charge in [0.15, 0.2) is 6.04 Å². The summed E-state index contributed by atoms with van der Waals surface area (Å²) in [5, 5.41) is 3.30. The van der Waals surface area contributed by atoms with Crippen LogP contribution < -0.4 is 5.32 Å². The van der Waals surface area contributed by atoms with Crippen LogP contribution in [0.3, 0.4) is 0 Å².